The van der Waals surface area contributed by atoms with Gasteiger partial charge in [-0.2, -0.15) is 5.06 Å². The number of hydroxylamine groups is 1. The minimum absolute atomic E-state index is 0.379. The van der Waals surface area contributed by atoms with Gasteiger partial charge in [0.1, 0.15) is 0 Å². The molecule has 0 radical (unpaired) electrons. The first-order valence-electron chi connectivity index (χ1n) is 5.66. The van der Waals surface area contributed by atoms with E-state index in [0.29, 0.717) is 16.4 Å². The molecule has 98 valence electrons. The van der Waals surface area contributed by atoms with E-state index >= 15 is 0 Å². The maximum Gasteiger partial charge on any atom is 0.350 e. The molecule has 4 nitrogen and oxygen atoms in total. The van der Waals surface area contributed by atoms with Crippen molar-refractivity contribution in [2.24, 2.45) is 0 Å². The van der Waals surface area contributed by atoms with Crippen LogP contribution in [0.3, 0.4) is 0 Å². The number of carbonyl (C=O) groups is 1. The normalized spacial score (nSPS) is 10.0. The number of halogens is 1. The third-order valence-electron chi connectivity index (χ3n) is 2.45. The summed E-state index contributed by atoms with van der Waals surface area (Å²) >= 11 is 5.79. The van der Waals surface area contributed by atoms with Crippen LogP contribution in [0.25, 0.3) is 0 Å². The quantitative estimate of drug-likeness (QED) is 0.863. The van der Waals surface area contributed by atoms with Crippen LogP contribution >= 0.6 is 11.6 Å². The fraction of sp³-hybridized carbons (Fsp3) is 0.0714. The van der Waals surface area contributed by atoms with Crippen molar-refractivity contribution in [2.45, 2.75) is 0 Å². The van der Waals surface area contributed by atoms with Crippen molar-refractivity contribution in [1.82, 2.24) is 0 Å². The van der Waals surface area contributed by atoms with Crippen LogP contribution in [-0.2, 0) is 4.84 Å². The van der Waals surface area contributed by atoms with E-state index in [1.165, 1.54) is 12.2 Å². The first kappa shape index (κ1) is 13.4. The Labute approximate surface area is 116 Å². The minimum atomic E-state index is -0.379. The molecule has 0 aliphatic carbocycles. The Bertz CT molecular complexity index is 543. The van der Waals surface area contributed by atoms with E-state index in [0.717, 1.165) is 0 Å². The molecule has 19 heavy (non-hydrogen) atoms. The Balaban J connectivity index is 2.11. The number of hydrogen-bond acceptors (Lipinski definition) is 2. The second-order valence-electron chi connectivity index (χ2n) is 3.75. The molecular weight excluding hydrogens is 264 g/mol. The Kier molecular flexibility index (Phi) is 4.39. The van der Waals surface area contributed by atoms with Crippen molar-refractivity contribution in [2.75, 3.05) is 17.5 Å². The van der Waals surface area contributed by atoms with Crippen LogP contribution < -0.4 is 10.4 Å². The summed E-state index contributed by atoms with van der Waals surface area (Å²) in [5, 5.41) is 4.51. The molecule has 0 heterocycles. The Morgan fingerprint density at radius 2 is 1.74 bits per heavy atom. The molecule has 2 aromatic rings. The molecule has 0 aliphatic heterocycles. The molecule has 0 atom stereocenters. The van der Waals surface area contributed by atoms with Crippen molar-refractivity contribution in [1.29, 1.82) is 0 Å². The Morgan fingerprint density at radius 3 is 2.32 bits per heavy atom. The summed E-state index contributed by atoms with van der Waals surface area (Å²) in [6.07, 6.45) is 0. The average Bonchev–Trinajstić information content (AvgIpc) is 2.43. The summed E-state index contributed by atoms with van der Waals surface area (Å²) in [7, 11) is 1.44. The standard InChI is InChI=1S/C14H13ClN2O2/c1-19-17(13-5-3-2-4-6-13)14(18)16-12-9-7-11(15)8-10-12/h2-10H,1H3,(H,16,18). The third-order valence-corrected chi connectivity index (χ3v) is 2.71. The smallest absolute Gasteiger partial charge is 0.306 e. The van der Waals surface area contributed by atoms with Gasteiger partial charge in [-0.1, -0.05) is 29.8 Å². The van der Waals surface area contributed by atoms with Gasteiger partial charge in [-0.25, -0.2) is 4.79 Å². The fourth-order valence-corrected chi connectivity index (χ4v) is 1.70. The van der Waals surface area contributed by atoms with Gasteiger partial charge in [0.05, 0.1) is 12.8 Å². The summed E-state index contributed by atoms with van der Waals surface area (Å²) in [4.78, 5) is 17.2. The number of amides is 2. The number of anilines is 2. The van der Waals surface area contributed by atoms with Crippen LogP contribution in [0, 0.1) is 0 Å². The molecule has 0 unspecified atom stereocenters. The van der Waals surface area contributed by atoms with Crippen LogP contribution in [0.15, 0.2) is 54.6 Å². The molecule has 0 bridgehead atoms. The molecular formula is C14H13ClN2O2. The Morgan fingerprint density at radius 1 is 1.11 bits per heavy atom. The van der Waals surface area contributed by atoms with E-state index in [1.54, 1.807) is 36.4 Å². The zero-order valence-electron chi connectivity index (χ0n) is 10.3. The SMILES string of the molecule is CON(C(=O)Nc1ccc(Cl)cc1)c1ccccc1. The van der Waals surface area contributed by atoms with E-state index in [4.69, 9.17) is 16.4 Å². The first-order chi connectivity index (χ1) is 9.20. The van der Waals surface area contributed by atoms with Gasteiger partial charge < -0.3 is 5.32 Å². The van der Waals surface area contributed by atoms with E-state index in [1.807, 2.05) is 18.2 Å². The lowest BCUT2D eigenvalue weighted by Gasteiger charge is -2.20. The predicted molar refractivity (Wildman–Crippen MR) is 76.4 cm³/mol. The van der Waals surface area contributed by atoms with Crippen LogP contribution in [0.4, 0.5) is 16.2 Å². The average molecular weight is 277 g/mol. The second kappa shape index (κ2) is 6.22. The van der Waals surface area contributed by atoms with Gasteiger partial charge in [0.2, 0.25) is 0 Å². The van der Waals surface area contributed by atoms with E-state index in [9.17, 15) is 4.79 Å². The highest BCUT2D eigenvalue weighted by Gasteiger charge is 2.15. The molecule has 0 spiro atoms. The van der Waals surface area contributed by atoms with Crippen molar-refractivity contribution < 1.29 is 9.63 Å². The van der Waals surface area contributed by atoms with Crippen LogP contribution in [0.1, 0.15) is 0 Å². The van der Waals surface area contributed by atoms with Gasteiger partial charge >= 0.3 is 6.03 Å². The van der Waals surface area contributed by atoms with Gasteiger partial charge in [0, 0.05) is 10.7 Å². The number of rotatable bonds is 3. The minimum Gasteiger partial charge on any atom is -0.306 e. The summed E-state index contributed by atoms with van der Waals surface area (Å²) in [5.74, 6) is 0. The van der Waals surface area contributed by atoms with Gasteiger partial charge in [0.15, 0.2) is 0 Å². The molecule has 5 heteroatoms. The largest absolute Gasteiger partial charge is 0.350 e. The van der Waals surface area contributed by atoms with Gasteiger partial charge in [0.25, 0.3) is 0 Å². The van der Waals surface area contributed by atoms with Crippen molar-refractivity contribution in [3.8, 4) is 0 Å². The second-order valence-corrected chi connectivity index (χ2v) is 4.19. The van der Waals surface area contributed by atoms with Crippen molar-refractivity contribution in [3.63, 3.8) is 0 Å². The number of hydrogen-bond donors (Lipinski definition) is 1. The number of urea groups is 1. The maximum absolute atomic E-state index is 12.1. The fourth-order valence-electron chi connectivity index (χ4n) is 1.58. The number of para-hydroxylation sites is 1. The first-order valence-corrected chi connectivity index (χ1v) is 6.04. The monoisotopic (exact) mass is 276 g/mol. The molecule has 0 aliphatic rings. The van der Waals surface area contributed by atoms with Gasteiger partial charge in [-0.3, -0.25) is 4.84 Å². The van der Waals surface area contributed by atoms with Crippen molar-refractivity contribution >= 4 is 29.0 Å². The molecule has 2 aromatic carbocycles. The maximum atomic E-state index is 12.1. The molecule has 1 N–H and O–H groups in total. The highest BCUT2D eigenvalue weighted by Crippen LogP contribution is 2.17. The van der Waals surface area contributed by atoms with E-state index in [-0.39, 0.29) is 6.03 Å². The van der Waals surface area contributed by atoms with E-state index < -0.39 is 0 Å². The number of carbonyl (C=O) groups excluding carboxylic acids is 1. The molecule has 2 amide bonds. The summed E-state index contributed by atoms with van der Waals surface area (Å²) in [6, 6.07) is 15.6. The molecule has 0 fully saturated rings. The zero-order valence-corrected chi connectivity index (χ0v) is 11.1. The molecule has 0 saturated heterocycles. The van der Waals surface area contributed by atoms with Crippen LogP contribution in [0.5, 0.6) is 0 Å². The van der Waals surface area contributed by atoms with Gasteiger partial charge in [-0.15, -0.1) is 0 Å². The lowest BCUT2D eigenvalue weighted by Crippen LogP contribution is -2.33. The zero-order chi connectivity index (χ0) is 13.7. The van der Waals surface area contributed by atoms with Crippen LogP contribution in [0.2, 0.25) is 5.02 Å². The number of nitrogens with one attached hydrogen (secondary N) is 1. The number of nitrogens with zero attached hydrogens (tertiary/aromatic N) is 1. The lowest BCUT2D eigenvalue weighted by atomic mass is 10.3. The highest BCUT2D eigenvalue weighted by atomic mass is 35.5. The molecule has 2 rings (SSSR count). The molecule has 0 aromatic heterocycles. The Hall–Kier alpha value is -2.04. The molecule has 0 saturated carbocycles. The third kappa shape index (κ3) is 3.47. The highest BCUT2D eigenvalue weighted by molar-refractivity contribution is 6.30. The summed E-state index contributed by atoms with van der Waals surface area (Å²) in [6.45, 7) is 0. The van der Waals surface area contributed by atoms with Crippen molar-refractivity contribution in [3.05, 3.63) is 59.6 Å². The van der Waals surface area contributed by atoms with Gasteiger partial charge in [-0.05, 0) is 36.4 Å². The summed E-state index contributed by atoms with van der Waals surface area (Å²) in [5.41, 5.74) is 1.30. The van der Waals surface area contributed by atoms with Crippen LogP contribution in [-0.4, -0.2) is 13.1 Å². The number of benzene rings is 2. The lowest BCUT2D eigenvalue weighted by molar-refractivity contribution is 0.171. The van der Waals surface area contributed by atoms with E-state index in [2.05, 4.69) is 5.32 Å². The summed E-state index contributed by atoms with van der Waals surface area (Å²) < 4.78 is 0. The predicted octanol–water partition coefficient (Wildman–Crippen LogP) is 3.94. The topological polar surface area (TPSA) is 41.6 Å².